The summed E-state index contributed by atoms with van der Waals surface area (Å²) in [6.07, 6.45) is -6.38. The predicted molar refractivity (Wildman–Crippen MR) is 78.3 cm³/mol. The standard InChI is InChI=1S/C14H8Cl2F4O2S/c15-7-3-1-5-9(11(7)13(17)18)23(21,22)10-6-2-4-8(16)12(10)14(19)20/h1-6,13-14H. The van der Waals surface area contributed by atoms with Crippen molar-refractivity contribution in [2.45, 2.75) is 22.6 Å². The van der Waals surface area contributed by atoms with Crippen LogP contribution in [0.1, 0.15) is 24.0 Å². The first-order chi connectivity index (χ1) is 10.7. The van der Waals surface area contributed by atoms with Gasteiger partial charge in [0.2, 0.25) is 9.84 Å². The van der Waals surface area contributed by atoms with Crippen molar-refractivity contribution in [1.82, 2.24) is 0 Å². The Kier molecular flexibility index (Phi) is 5.23. The van der Waals surface area contributed by atoms with Gasteiger partial charge in [-0.15, -0.1) is 0 Å². The summed E-state index contributed by atoms with van der Waals surface area (Å²) in [6, 6.07) is 6.25. The molecule has 0 spiro atoms. The zero-order chi connectivity index (χ0) is 17.4. The summed E-state index contributed by atoms with van der Waals surface area (Å²) in [5.74, 6) is 0. The van der Waals surface area contributed by atoms with Crippen molar-refractivity contribution in [2.24, 2.45) is 0 Å². The van der Waals surface area contributed by atoms with Gasteiger partial charge in [0, 0.05) is 0 Å². The van der Waals surface area contributed by atoms with E-state index >= 15 is 0 Å². The number of hydrogen-bond acceptors (Lipinski definition) is 2. The van der Waals surface area contributed by atoms with Crippen LogP contribution in [-0.4, -0.2) is 8.42 Å². The highest BCUT2D eigenvalue weighted by Crippen LogP contribution is 2.39. The first-order valence-electron chi connectivity index (χ1n) is 6.06. The molecular weight excluding hydrogens is 379 g/mol. The lowest BCUT2D eigenvalue weighted by Crippen LogP contribution is -2.10. The molecule has 124 valence electrons. The number of sulfone groups is 1. The highest BCUT2D eigenvalue weighted by atomic mass is 35.5. The second kappa shape index (κ2) is 6.67. The predicted octanol–water partition coefficient (Wildman–Crippen LogP) is 5.70. The average molecular weight is 387 g/mol. The van der Waals surface area contributed by atoms with E-state index in [-0.39, 0.29) is 0 Å². The second-order valence-electron chi connectivity index (χ2n) is 4.41. The molecule has 0 unspecified atom stereocenters. The molecule has 0 aliphatic rings. The van der Waals surface area contributed by atoms with Crippen molar-refractivity contribution in [1.29, 1.82) is 0 Å². The molecular formula is C14H8Cl2F4O2S. The zero-order valence-electron chi connectivity index (χ0n) is 11.1. The maximum Gasteiger partial charge on any atom is 0.266 e. The van der Waals surface area contributed by atoms with Crippen molar-refractivity contribution in [3.05, 3.63) is 57.6 Å². The Hall–Kier alpha value is -1.31. The quantitative estimate of drug-likeness (QED) is 0.631. The van der Waals surface area contributed by atoms with Crippen molar-refractivity contribution >= 4 is 33.0 Å². The van der Waals surface area contributed by atoms with Crippen LogP contribution in [0.25, 0.3) is 0 Å². The zero-order valence-corrected chi connectivity index (χ0v) is 13.4. The van der Waals surface area contributed by atoms with Crippen molar-refractivity contribution < 1.29 is 26.0 Å². The van der Waals surface area contributed by atoms with Gasteiger partial charge < -0.3 is 0 Å². The van der Waals surface area contributed by atoms with E-state index in [4.69, 9.17) is 23.2 Å². The van der Waals surface area contributed by atoms with E-state index in [2.05, 4.69) is 0 Å². The summed E-state index contributed by atoms with van der Waals surface area (Å²) in [5.41, 5.74) is -1.87. The number of halogens is 6. The molecule has 0 bridgehead atoms. The van der Waals surface area contributed by atoms with Gasteiger partial charge in [0.25, 0.3) is 12.9 Å². The lowest BCUT2D eigenvalue weighted by atomic mass is 10.2. The second-order valence-corrected chi connectivity index (χ2v) is 7.11. The molecule has 0 atom stereocenters. The Morgan fingerprint density at radius 3 is 1.39 bits per heavy atom. The first kappa shape index (κ1) is 18.0. The molecule has 0 heterocycles. The number of alkyl halides is 4. The topological polar surface area (TPSA) is 34.1 Å². The number of rotatable bonds is 4. The van der Waals surface area contributed by atoms with Crippen molar-refractivity contribution in [3.8, 4) is 0 Å². The minimum absolute atomic E-state index is 0.471. The van der Waals surface area contributed by atoms with Gasteiger partial charge in [-0.1, -0.05) is 35.3 Å². The smallest absolute Gasteiger partial charge is 0.218 e. The van der Waals surface area contributed by atoms with Crippen molar-refractivity contribution in [3.63, 3.8) is 0 Å². The monoisotopic (exact) mass is 386 g/mol. The van der Waals surface area contributed by atoms with Crippen LogP contribution < -0.4 is 0 Å². The maximum atomic E-state index is 13.1. The van der Waals surface area contributed by atoms with E-state index in [0.29, 0.717) is 0 Å². The van der Waals surface area contributed by atoms with Crippen LogP contribution in [0.4, 0.5) is 17.6 Å². The van der Waals surface area contributed by atoms with Crippen LogP contribution in [0.2, 0.25) is 10.0 Å². The Balaban J connectivity index is 2.81. The SMILES string of the molecule is O=S(=O)(c1cccc(Cl)c1C(F)F)c1cccc(Cl)c1C(F)F. The third-order valence-electron chi connectivity index (χ3n) is 3.04. The molecule has 0 fully saturated rings. The van der Waals surface area contributed by atoms with Crippen molar-refractivity contribution in [2.75, 3.05) is 0 Å². The maximum absolute atomic E-state index is 13.1. The van der Waals surface area contributed by atoms with E-state index in [1.807, 2.05) is 0 Å². The highest BCUT2D eigenvalue weighted by Gasteiger charge is 2.32. The van der Waals surface area contributed by atoms with Crippen LogP contribution in [0, 0.1) is 0 Å². The molecule has 2 aromatic rings. The van der Waals surface area contributed by atoms with Crippen LogP contribution >= 0.6 is 23.2 Å². The van der Waals surface area contributed by atoms with E-state index in [1.165, 1.54) is 0 Å². The summed E-state index contributed by atoms with van der Waals surface area (Å²) in [7, 11) is -4.66. The third-order valence-corrected chi connectivity index (χ3v) is 5.57. The fraction of sp³-hybridized carbons (Fsp3) is 0.143. The van der Waals surface area contributed by atoms with Crippen LogP contribution in [0.5, 0.6) is 0 Å². The molecule has 0 amide bonds. The van der Waals surface area contributed by atoms with Gasteiger partial charge in [0.15, 0.2) is 0 Å². The fourth-order valence-corrected chi connectivity index (χ4v) is 4.40. The lowest BCUT2D eigenvalue weighted by molar-refractivity contribution is 0.147. The molecule has 2 rings (SSSR count). The molecule has 0 aromatic heterocycles. The van der Waals surface area contributed by atoms with Crippen LogP contribution in [-0.2, 0) is 9.84 Å². The van der Waals surface area contributed by atoms with Gasteiger partial charge >= 0.3 is 0 Å². The molecule has 0 saturated heterocycles. The van der Waals surface area contributed by atoms with Crippen LogP contribution in [0.3, 0.4) is 0 Å². The number of hydrogen-bond donors (Lipinski definition) is 0. The number of benzene rings is 2. The molecule has 0 N–H and O–H groups in total. The Morgan fingerprint density at radius 2 is 1.09 bits per heavy atom. The van der Waals surface area contributed by atoms with E-state index in [0.717, 1.165) is 36.4 Å². The Morgan fingerprint density at radius 1 is 0.739 bits per heavy atom. The van der Waals surface area contributed by atoms with E-state index in [1.54, 1.807) is 0 Å². The van der Waals surface area contributed by atoms with Gasteiger partial charge in [-0.05, 0) is 24.3 Å². The van der Waals surface area contributed by atoms with Gasteiger partial charge in [-0.2, -0.15) is 0 Å². The summed E-state index contributed by atoms with van der Waals surface area (Å²) < 4.78 is 77.8. The first-order valence-corrected chi connectivity index (χ1v) is 8.30. The molecule has 0 aliphatic heterocycles. The Bertz CT molecular complexity index is 775. The normalized spacial score (nSPS) is 12.2. The van der Waals surface area contributed by atoms with E-state index in [9.17, 15) is 26.0 Å². The third kappa shape index (κ3) is 3.32. The summed E-state index contributed by atoms with van der Waals surface area (Å²) >= 11 is 11.3. The summed E-state index contributed by atoms with van der Waals surface area (Å²) in [5, 5.41) is -0.941. The van der Waals surface area contributed by atoms with Gasteiger partial charge in [-0.25, -0.2) is 26.0 Å². The summed E-state index contributed by atoms with van der Waals surface area (Å²) in [4.78, 5) is -1.66. The van der Waals surface area contributed by atoms with E-state index < -0.39 is 53.7 Å². The highest BCUT2D eigenvalue weighted by molar-refractivity contribution is 7.91. The molecule has 9 heteroatoms. The van der Waals surface area contributed by atoms with Crippen LogP contribution in [0.15, 0.2) is 46.2 Å². The molecule has 0 saturated carbocycles. The van der Waals surface area contributed by atoms with Gasteiger partial charge in [-0.3, -0.25) is 0 Å². The molecule has 23 heavy (non-hydrogen) atoms. The molecule has 0 radical (unpaired) electrons. The molecule has 2 aromatic carbocycles. The molecule has 0 aliphatic carbocycles. The Labute approximate surface area is 139 Å². The largest absolute Gasteiger partial charge is 0.266 e. The minimum atomic E-state index is -4.66. The summed E-state index contributed by atoms with van der Waals surface area (Å²) in [6.45, 7) is 0. The lowest BCUT2D eigenvalue weighted by Gasteiger charge is -2.15. The van der Waals surface area contributed by atoms with Gasteiger partial charge in [0.05, 0.1) is 31.0 Å². The fourth-order valence-electron chi connectivity index (χ4n) is 2.05. The minimum Gasteiger partial charge on any atom is -0.218 e. The average Bonchev–Trinajstić information content (AvgIpc) is 2.45. The molecule has 2 nitrogen and oxygen atoms in total. The van der Waals surface area contributed by atoms with Gasteiger partial charge in [0.1, 0.15) is 0 Å².